The van der Waals surface area contributed by atoms with E-state index in [0.717, 1.165) is 10.6 Å². The Hall–Kier alpha value is -1.64. The van der Waals surface area contributed by atoms with E-state index < -0.39 is 0 Å². The van der Waals surface area contributed by atoms with Crippen molar-refractivity contribution in [3.63, 3.8) is 0 Å². The molecule has 3 aromatic carbocycles. The molecule has 0 aliphatic rings. The van der Waals surface area contributed by atoms with Crippen molar-refractivity contribution in [2.24, 2.45) is 0 Å². The van der Waals surface area contributed by atoms with Crippen LogP contribution >= 0.6 is 24.4 Å². The second kappa shape index (κ2) is 6.88. The van der Waals surface area contributed by atoms with Gasteiger partial charge in [-0.1, -0.05) is 66.7 Å². The minimum atomic E-state index is 0.979. The van der Waals surface area contributed by atoms with E-state index in [2.05, 4.69) is 79.4 Å². The van der Waals surface area contributed by atoms with Crippen molar-refractivity contribution in [2.45, 2.75) is 15.5 Å². The normalized spacial score (nSPS) is 10.5. The van der Waals surface area contributed by atoms with Gasteiger partial charge in [0.1, 0.15) is 0 Å². The summed E-state index contributed by atoms with van der Waals surface area (Å²) < 4.78 is 0. The van der Waals surface area contributed by atoms with Crippen molar-refractivity contribution in [3.8, 4) is 11.1 Å². The van der Waals surface area contributed by atoms with Crippen LogP contribution in [0.5, 0.6) is 0 Å². The minimum Gasteiger partial charge on any atom is -0.143 e. The van der Waals surface area contributed by atoms with E-state index in [9.17, 15) is 0 Å². The summed E-state index contributed by atoms with van der Waals surface area (Å²) in [6.45, 7) is 0. The first-order valence-electron chi connectivity index (χ1n) is 6.89. The maximum absolute atomic E-state index is 4.59. The lowest BCUT2D eigenvalue weighted by Gasteiger charge is -2.11. The summed E-state index contributed by atoms with van der Waals surface area (Å²) in [5, 5.41) is 0. The van der Waals surface area contributed by atoms with E-state index in [1.807, 2.05) is 23.9 Å². The first kappa shape index (κ1) is 14.3. The fourth-order valence-electron chi connectivity index (χ4n) is 2.25. The van der Waals surface area contributed by atoms with E-state index >= 15 is 0 Å². The molecule has 0 saturated carbocycles. The largest absolute Gasteiger partial charge is 0.143 e. The zero-order chi connectivity index (χ0) is 14.5. The first-order chi connectivity index (χ1) is 10.3. The van der Waals surface area contributed by atoms with E-state index in [0.29, 0.717) is 0 Å². The molecule has 0 radical (unpaired) electrons. The molecule has 104 valence electrons. The van der Waals surface area contributed by atoms with Gasteiger partial charge < -0.3 is 0 Å². The summed E-state index contributed by atoms with van der Waals surface area (Å²) in [5.74, 6) is 0.979. The van der Waals surface area contributed by atoms with Crippen molar-refractivity contribution >= 4 is 24.4 Å². The fraction of sp³-hybridized carbons (Fsp3) is 0.0526. The van der Waals surface area contributed by atoms with Crippen LogP contribution in [0.4, 0.5) is 0 Å². The summed E-state index contributed by atoms with van der Waals surface area (Å²) in [7, 11) is 0. The van der Waals surface area contributed by atoms with E-state index in [-0.39, 0.29) is 0 Å². The van der Waals surface area contributed by atoms with Crippen LogP contribution in [0.2, 0.25) is 0 Å². The molecule has 0 aromatic heterocycles. The van der Waals surface area contributed by atoms with Crippen molar-refractivity contribution in [1.82, 2.24) is 0 Å². The molecule has 0 atom stereocenters. The predicted molar refractivity (Wildman–Crippen MR) is 95.1 cm³/mol. The topological polar surface area (TPSA) is 0 Å². The molecule has 0 aliphatic heterocycles. The van der Waals surface area contributed by atoms with Gasteiger partial charge in [0.05, 0.1) is 0 Å². The number of rotatable bonds is 4. The Kier molecular flexibility index (Phi) is 4.69. The summed E-state index contributed by atoms with van der Waals surface area (Å²) in [6, 6.07) is 27.4. The molecule has 0 saturated heterocycles. The lowest BCUT2D eigenvalue weighted by atomic mass is 10.1. The van der Waals surface area contributed by atoms with Gasteiger partial charge >= 0.3 is 0 Å². The van der Waals surface area contributed by atoms with Crippen LogP contribution in [-0.2, 0) is 5.75 Å². The molecule has 0 N–H and O–H groups in total. The molecule has 0 heterocycles. The van der Waals surface area contributed by atoms with Crippen molar-refractivity contribution in [3.05, 3.63) is 84.4 Å². The third-order valence-electron chi connectivity index (χ3n) is 3.32. The third-order valence-corrected chi connectivity index (χ3v) is 4.85. The van der Waals surface area contributed by atoms with Crippen molar-refractivity contribution in [2.75, 3.05) is 0 Å². The fourth-order valence-corrected chi connectivity index (χ4v) is 3.56. The number of thiol groups is 1. The summed E-state index contributed by atoms with van der Waals surface area (Å²) in [5.41, 5.74) is 3.79. The minimum absolute atomic E-state index is 0.979. The standard InChI is InChI=1S/C19H16S2/c20-18-12-6-4-10-16(18)17-11-5-7-13-19(17)21-14-15-8-2-1-3-9-15/h1-13,20H,14H2. The van der Waals surface area contributed by atoms with Gasteiger partial charge in [-0.2, -0.15) is 0 Å². The van der Waals surface area contributed by atoms with Gasteiger partial charge in [-0.25, -0.2) is 0 Å². The number of benzene rings is 3. The second-order valence-corrected chi connectivity index (χ2v) is 6.29. The Balaban J connectivity index is 1.88. The number of hydrogen-bond donors (Lipinski definition) is 1. The molecule has 2 heteroatoms. The lowest BCUT2D eigenvalue weighted by Crippen LogP contribution is -1.85. The molecule has 0 spiro atoms. The quantitative estimate of drug-likeness (QED) is 0.460. The monoisotopic (exact) mass is 308 g/mol. The van der Waals surface area contributed by atoms with Gasteiger partial charge in [0.15, 0.2) is 0 Å². The highest BCUT2D eigenvalue weighted by Gasteiger charge is 2.07. The van der Waals surface area contributed by atoms with Crippen LogP contribution in [0.3, 0.4) is 0 Å². The molecule has 0 amide bonds. The van der Waals surface area contributed by atoms with Crippen LogP contribution in [0.15, 0.2) is 88.7 Å². The Morgan fingerprint density at radius 2 is 1.29 bits per heavy atom. The van der Waals surface area contributed by atoms with Crippen LogP contribution < -0.4 is 0 Å². The maximum Gasteiger partial charge on any atom is 0.0232 e. The van der Waals surface area contributed by atoms with Gasteiger partial charge in [-0.05, 0) is 28.8 Å². The number of hydrogen-bond acceptors (Lipinski definition) is 2. The molecule has 0 nitrogen and oxygen atoms in total. The molecular weight excluding hydrogens is 292 g/mol. The van der Waals surface area contributed by atoms with Gasteiger partial charge in [-0.15, -0.1) is 24.4 Å². The van der Waals surface area contributed by atoms with Crippen molar-refractivity contribution in [1.29, 1.82) is 0 Å². The highest BCUT2D eigenvalue weighted by atomic mass is 32.2. The third kappa shape index (κ3) is 3.52. The molecule has 0 unspecified atom stereocenters. The average molecular weight is 308 g/mol. The molecule has 0 fully saturated rings. The highest BCUT2D eigenvalue weighted by molar-refractivity contribution is 7.98. The van der Waals surface area contributed by atoms with Crippen LogP contribution in [0.1, 0.15) is 5.56 Å². The van der Waals surface area contributed by atoms with Crippen molar-refractivity contribution < 1.29 is 0 Å². The van der Waals surface area contributed by atoms with Gasteiger partial charge in [0.2, 0.25) is 0 Å². The second-order valence-electron chi connectivity index (χ2n) is 4.79. The first-order valence-corrected chi connectivity index (χ1v) is 8.32. The molecular formula is C19H16S2. The lowest BCUT2D eigenvalue weighted by molar-refractivity contribution is 1.35. The zero-order valence-electron chi connectivity index (χ0n) is 11.6. The van der Waals surface area contributed by atoms with Gasteiger partial charge in [0.25, 0.3) is 0 Å². The summed E-state index contributed by atoms with van der Waals surface area (Å²) in [4.78, 5) is 2.31. The Bertz CT molecular complexity index is 720. The highest BCUT2D eigenvalue weighted by Crippen LogP contribution is 2.35. The maximum atomic E-state index is 4.59. The molecule has 3 rings (SSSR count). The number of thioether (sulfide) groups is 1. The Labute approximate surface area is 135 Å². The molecule has 3 aromatic rings. The molecule has 0 bridgehead atoms. The SMILES string of the molecule is Sc1ccccc1-c1ccccc1SCc1ccccc1. The predicted octanol–water partition coefficient (Wildman–Crippen LogP) is 5.93. The average Bonchev–Trinajstić information content (AvgIpc) is 2.55. The zero-order valence-corrected chi connectivity index (χ0v) is 13.3. The Morgan fingerprint density at radius 3 is 2.05 bits per heavy atom. The van der Waals surface area contributed by atoms with Gasteiger partial charge in [0, 0.05) is 15.5 Å². The molecule has 0 aliphatic carbocycles. The smallest absolute Gasteiger partial charge is 0.0232 e. The summed E-state index contributed by atoms with van der Waals surface area (Å²) >= 11 is 6.46. The van der Waals surface area contributed by atoms with Gasteiger partial charge in [-0.3, -0.25) is 0 Å². The van der Waals surface area contributed by atoms with Crippen LogP contribution in [0.25, 0.3) is 11.1 Å². The molecule has 21 heavy (non-hydrogen) atoms. The van der Waals surface area contributed by atoms with E-state index in [1.165, 1.54) is 21.6 Å². The van der Waals surface area contributed by atoms with E-state index in [4.69, 9.17) is 0 Å². The summed E-state index contributed by atoms with van der Waals surface area (Å²) in [6.07, 6.45) is 0. The van der Waals surface area contributed by atoms with E-state index in [1.54, 1.807) is 0 Å². The van der Waals surface area contributed by atoms with Crippen LogP contribution in [0, 0.1) is 0 Å². The van der Waals surface area contributed by atoms with Crippen LogP contribution in [-0.4, -0.2) is 0 Å². The Morgan fingerprint density at radius 1 is 0.667 bits per heavy atom.